The standard InChI is InChI=1S/C21H26N2O5Si/c1-22-16-10-11-17(23-12-7-13-29(26-2,27-3)28-4)19-18(16)20(24)14-8-5-6-9-15(14)21(19)25/h5-6,8-11,22-23H,7,12-13H2,1-4H3. The summed E-state index contributed by atoms with van der Waals surface area (Å²) in [5, 5.41) is 6.33. The van der Waals surface area contributed by atoms with Crippen LogP contribution in [0.1, 0.15) is 38.3 Å². The van der Waals surface area contributed by atoms with Gasteiger partial charge in [0.2, 0.25) is 0 Å². The number of nitrogens with one attached hydrogen (secondary N) is 2. The minimum Gasteiger partial charge on any atom is -0.388 e. The Bertz CT molecular complexity index is 919. The van der Waals surface area contributed by atoms with Crippen LogP contribution in [0.3, 0.4) is 0 Å². The Morgan fingerprint density at radius 2 is 1.34 bits per heavy atom. The van der Waals surface area contributed by atoms with Crippen molar-refractivity contribution in [3.8, 4) is 0 Å². The molecule has 8 heteroatoms. The number of benzene rings is 2. The Labute approximate surface area is 171 Å². The van der Waals surface area contributed by atoms with Gasteiger partial charge < -0.3 is 23.9 Å². The molecule has 0 saturated carbocycles. The van der Waals surface area contributed by atoms with Gasteiger partial charge >= 0.3 is 8.80 Å². The van der Waals surface area contributed by atoms with Crippen LogP contribution in [-0.2, 0) is 13.3 Å². The second kappa shape index (κ2) is 8.87. The lowest BCUT2D eigenvalue weighted by molar-refractivity contribution is 0.0980. The fourth-order valence-corrected chi connectivity index (χ4v) is 5.38. The highest BCUT2D eigenvalue weighted by Gasteiger charge is 2.37. The van der Waals surface area contributed by atoms with E-state index in [0.717, 1.165) is 6.42 Å². The maximum atomic E-state index is 13.2. The average Bonchev–Trinajstić information content (AvgIpc) is 2.77. The van der Waals surface area contributed by atoms with E-state index < -0.39 is 8.80 Å². The number of hydrogen-bond donors (Lipinski definition) is 2. The highest BCUT2D eigenvalue weighted by Crippen LogP contribution is 2.36. The molecule has 0 unspecified atom stereocenters. The van der Waals surface area contributed by atoms with Crippen molar-refractivity contribution in [3.63, 3.8) is 0 Å². The Hall–Kier alpha value is -2.52. The van der Waals surface area contributed by atoms with Gasteiger partial charge in [-0.3, -0.25) is 9.59 Å². The Balaban J connectivity index is 1.87. The average molecular weight is 415 g/mol. The summed E-state index contributed by atoms with van der Waals surface area (Å²) in [6.07, 6.45) is 0.725. The number of hydrogen-bond acceptors (Lipinski definition) is 7. The molecule has 0 heterocycles. The van der Waals surface area contributed by atoms with Crippen molar-refractivity contribution in [1.29, 1.82) is 0 Å². The summed E-state index contributed by atoms with van der Waals surface area (Å²) in [6, 6.07) is 11.2. The van der Waals surface area contributed by atoms with Gasteiger partial charge in [0.1, 0.15) is 0 Å². The Kier molecular flexibility index (Phi) is 6.48. The lowest BCUT2D eigenvalue weighted by Crippen LogP contribution is -2.42. The molecular weight excluding hydrogens is 388 g/mol. The first kappa shape index (κ1) is 21.2. The molecule has 1 aliphatic rings. The van der Waals surface area contributed by atoms with Gasteiger partial charge in [-0.05, 0) is 18.6 Å². The van der Waals surface area contributed by atoms with Crippen LogP contribution in [0.2, 0.25) is 6.04 Å². The molecule has 7 nitrogen and oxygen atoms in total. The van der Waals surface area contributed by atoms with Crippen molar-refractivity contribution in [2.45, 2.75) is 12.5 Å². The second-order valence-electron chi connectivity index (χ2n) is 6.69. The quantitative estimate of drug-likeness (QED) is 0.411. The molecule has 2 aromatic carbocycles. The summed E-state index contributed by atoms with van der Waals surface area (Å²) in [5.41, 5.74) is 2.99. The zero-order valence-corrected chi connectivity index (χ0v) is 18.1. The van der Waals surface area contributed by atoms with Gasteiger partial charge in [-0.2, -0.15) is 0 Å². The van der Waals surface area contributed by atoms with E-state index in [2.05, 4.69) is 10.6 Å². The van der Waals surface area contributed by atoms with E-state index in [9.17, 15) is 9.59 Å². The molecular formula is C21H26N2O5Si. The fraction of sp³-hybridized carbons (Fsp3) is 0.333. The minimum atomic E-state index is -2.64. The fourth-order valence-electron chi connectivity index (χ4n) is 3.66. The molecule has 0 aromatic heterocycles. The summed E-state index contributed by atoms with van der Waals surface area (Å²) in [6.45, 7) is 0.583. The third-order valence-electron chi connectivity index (χ3n) is 5.25. The van der Waals surface area contributed by atoms with Crippen LogP contribution in [0, 0.1) is 0 Å². The van der Waals surface area contributed by atoms with Crippen LogP contribution in [0.25, 0.3) is 0 Å². The Morgan fingerprint density at radius 1 is 0.828 bits per heavy atom. The van der Waals surface area contributed by atoms with E-state index in [-0.39, 0.29) is 11.6 Å². The van der Waals surface area contributed by atoms with Crippen molar-refractivity contribution in [1.82, 2.24) is 0 Å². The predicted molar refractivity (Wildman–Crippen MR) is 114 cm³/mol. The van der Waals surface area contributed by atoms with Crippen LogP contribution in [-0.4, -0.2) is 55.3 Å². The zero-order valence-electron chi connectivity index (χ0n) is 17.1. The highest BCUT2D eigenvalue weighted by molar-refractivity contribution is 6.60. The third-order valence-corrected chi connectivity index (χ3v) is 8.09. The van der Waals surface area contributed by atoms with Gasteiger partial charge in [0.05, 0.1) is 11.1 Å². The summed E-state index contributed by atoms with van der Waals surface area (Å²) < 4.78 is 16.3. The van der Waals surface area contributed by atoms with Crippen molar-refractivity contribution in [2.24, 2.45) is 0 Å². The number of ketones is 2. The van der Waals surface area contributed by atoms with Crippen LogP contribution in [0.4, 0.5) is 11.4 Å². The molecule has 0 aliphatic heterocycles. The maximum absolute atomic E-state index is 13.2. The normalized spacial score (nSPS) is 13.1. The lowest BCUT2D eigenvalue weighted by atomic mass is 9.82. The van der Waals surface area contributed by atoms with Gasteiger partial charge in [-0.25, -0.2) is 0 Å². The van der Waals surface area contributed by atoms with Crippen molar-refractivity contribution in [3.05, 3.63) is 58.7 Å². The van der Waals surface area contributed by atoms with E-state index in [1.54, 1.807) is 52.6 Å². The van der Waals surface area contributed by atoms with E-state index in [1.165, 1.54) is 0 Å². The predicted octanol–water partition coefficient (Wildman–Crippen LogP) is 3.18. The molecule has 3 rings (SSSR count). The lowest BCUT2D eigenvalue weighted by Gasteiger charge is -2.25. The summed E-state index contributed by atoms with van der Waals surface area (Å²) >= 11 is 0. The number of rotatable bonds is 9. The largest absolute Gasteiger partial charge is 0.500 e. The van der Waals surface area contributed by atoms with E-state index in [1.807, 2.05) is 12.1 Å². The van der Waals surface area contributed by atoms with Gasteiger partial charge in [-0.1, -0.05) is 24.3 Å². The van der Waals surface area contributed by atoms with Crippen molar-refractivity contribution < 1.29 is 22.9 Å². The van der Waals surface area contributed by atoms with E-state index >= 15 is 0 Å². The van der Waals surface area contributed by atoms with Crippen LogP contribution < -0.4 is 10.6 Å². The molecule has 2 N–H and O–H groups in total. The van der Waals surface area contributed by atoms with Gasteiger partial charge in [0, 0.05) is 63.5 Å². The van der Waals surface area contributed by atoms with E-state index in [4.69, 9.17) is 13.3 Å². The molecule has 0 spiro atoms. The summed E-state index contributed by atoms with van der Waals surface area (Å²) in [5.74, 6) is -0.294. The number of carbonyl (C=O) groups excluding carboxylic acids is 2. The summed E-state index contributed by atoms with van der Waals surface area (Å²) in [7, 11) is 3.85. The van der Waals surface area contributed by atoms with Crippen LogP contribution in [0.15, 0.2) is 36.4 Å². The Morgan fingerprint density at radius 3 is 1.86 bits per heavy atom. The molecule has 0 bridgehead atoms. The highest BCUT2D eigenvalue weighted by atomic mass is 28.4. The number of carbonyl (C=O) groups is 2. The first-order chi connectivity index (χ1) is 14.0. The molecule has 0 radical (unpaired) electrons. The number of fused-ring (bicyclic) bond motifs is 2. The monoisotopic (exact) mass is 414 g/mol. The maximum Gasteiger partial charge on any atom is 0.500 e. The van der Waals surface area contributed by atoms with Gasteiger partial charge in [0.25, 0.3) is 0 Å². The van der Waals surface area contributed by atoms with Crippen molar-refractivity contribution >= 4 is 31.7 Å². The SMILES string of the molecule is CNc1ccc(NCCC[Si](OC)(OC)OC)c2c1C(=O)c1ccccc1C2=O. The van der Waals surface area contributed by atoms with Gasteiger partial charge in [-0.15, -0.1) is 0 Å². The molecule has 0 amide bonds. The molecule has 0 atom stereocenters. The molecule has 29 heavy (non-hydrogen) atoms. The van der Waals surface area contributed by atoms with Crippen LogP contribution in [0.5, 0.6) is 0 Å². The first-order valence-corrected chi connectivity index (χ1v) is 11.4. The minimum absolute atomic E-state index is 0.146. The third kappa shape index (κ3) is 3.84. The molecule has 2 aromatic rings. The van der Waals surface area contributed by atoms with Crippen LogP contribution >= 0.6 is 0 Å². The molecule has 154 valence electrons. The molecule has 0 saturated heterocycles. The summed E-state index contributed by atoms with van der Waals surface area (Å²) in [4.78, 5) is 26.3. The second-order valence-corrected chi connectivity index (χ2v) is 9.78. The molecule has 1 aliphatic carbocycles. The first-order valence-electron chi connectivity index (χ1n) is 9.44. The van der Waals surface area contributed by atoms with Crippen molar-refractivity contribution in [2.75, 3.05) is 45.6 Å². The zero-order chi connectivity index (χ0) is 21.0. The van der Waals surface area contributed by atoms with Gasteiger partial charge in [0.15, 0.2) is 11.6 Å². The topological polar surface area (TPSA) is 85.9 Å². The molecule has 0 fully saturated rings. The smallest absolute Gasteiger partial charge is 0.388 e. The number of anilines is 2. The van der Waals surface area contributed by atoms with E-state index in [0.29, 0.717) is 46.2 Å².